The van der Waals surface area contributed by atoms with E-state index in [4.69, 9.17) is 19.6 Å². The second-order valence-electron chi connectivity index (χ2n) is 5.26. The quantitative estimate of drug-likeness (QED) is 0.523. The topological polar surface area (TPSA) is 109 Å². The van der Waals surface area contributed by atoms with Gasteiger partial charge in [0.2, 0.25) is 0 Å². The normalized spacial score (nSPS) is 22.7. The molecule has 1 saturated heterocycles. The highest BCUT2D eigenvalue weighted by molar-refractivity contribution is 6.13. The Morgan fingerprint density at radius 3 is 3.04 bits per heavy atom. The molecular weight excluding hydrogens is 312 g/mol. The second kappa shape index (κ2) is 8.59. The lowest BCUT2D eigenvalue weighted by molar-refractivity contribution is -0.0390. The molecule has 0 spiro atoms. The first-order valence-corrected chi connectivity index (χ1v) is 7.69. The van der Waals surface area contributed by atoms with E-state index in [1.54, 1.807) is 14.2 Å². The van der Waals surface area contributed by atoms with Gasteiger partial charge in [-0.3, -0.25) is 10.2 Å². The number of methoxy groups -OCH3 is 2. The van der Waals surface area contributed by atoms with Crippen LogP contribution >= 0.6 is 0 Å². The largest absolute Gasteiger partial charge is 0.382 e. The summed E-state index contributed by atoms with van der Waals surface area (Å²) in [6.07, 6.45) is 1.74. The Labute approximate surface area is 140 Å². The maximum absolute atomic E-state index is 12.1. The molecule has 8 nitrogen and oxygen atoms in total. The average Bonchev–Trinajstić information content (AvgIpc) is 2.95. The third-order valence-corrected chi connectivity index (χ3v) is 3.62. The van der Waals surface area contributed by atoms with E-state index in [2.05, 4.69) is 27.1 Å². The van der Waals surface area contributed by atoms with Gasteiger partial charge in [0.05, 0.1) is 19.0 Å². The Balaban J connectivity index is 2.20. The van der Waals surface area contributed by atoms with E-state index in [0.29, 0.717) is 19.4 Å². The molecule has 0 saturated carbocycles. The van der Waals surface area contributed by atoms with Crippen molar-refractivity contribution in [1.29, 1.82) is 5.41 Å². The predicted molar refractivity (Wildman–Crippen MR) is 89.3 cm³/mol. The van der Waals surface area contributed by atoms with Gasteiger partial charge < -0.3 is 24.5 Å². The van der Waals surface area contributed by atoms with E-state index in [-0.39, 0.29) is 29.3 Å². The Hall–Kier alpha value is -2.21. The van der Waals surface area contributed by atoms with Gasteiger partial charge >= 0.3 is 0 Å². The summed E-state index contributed by atoms with van der Waals surface area (Å²) in [6.45, 7) is 2.28. The highest BCUT2D eigenvalue weighted by Gasteiger charge is 2.36. The van der Waals surface area contributed by atoms with E-state index < -0.39 is 11.8 Å². The van der Waals surface area contributed by atoms with Crippen LogP contribution in [-0.4, -0.2) is 54.9 Å². The molecule has 0 bridgehead atoms. The van der Waals surface area contributed by atoms with E-state index >= 15 is 0 Å². The molecule has 24 heavy (non-hydrogen) atoms. The van der Waals surface area contributed by atoms with Gasteiger partial charge in [-0.2, -0.15) is 0 Å². The van der Waals surface area contributed by atoms with Crippen LogP contribution in [0, 0.1) is 17.3 Å². The maximum atomic E-state index is 12.1. The number of rotatable bonds is 6. The lowest BCUT2D eigenvalue weighted by Crippen LogP contribution is -2.28. The highest BCUT2D eigenvalue weighted by Crippen LogP contribution is 2.24. The molecule has 1 aliphatic heterocycles. The summed E-state index contributed by atoms with van der Waals surface area (Å²) < 4.78 is 16.4. The number of nitrogens with one attached hydrogen (secondary N) is 3. The molecule has 0 aliphatic carbocycles. The molecule has 8 heteroatoms. The first-order valence-electron chi connectivity index (χ1n) is 7.69. The zero-order valence-corrected chi connectivity index (χ0v) is 14.0. The minimum atomic E-state index is -0.419. The van der Waals surface area contributed by atoms with Crippen molar-refractivity contribution in [2.75, 3.05) is 26.1 Å². The third kappa shape index (κ3) is 4.20. The van der Waals surface area contributed by atoms with Crippen LogP contribution < -0.4 is 10.9 Å². The molecule has 0 radical (unpaired) electrons. The van der Waals surface area contributed by atoms with Crippen LogP contribution in [0.15, 0.2) is 11.1 Å². The maximum Gasteiger partial charge on any atom is 0.262 e. The number of anilines is 1. The smallest absolute Gasteiger partial charge is 0.262 e. The number of hydrogen-bond donors (Lipinski definition) is 3. The molecule has 130 valence electrons. The number of ether oxygens (including phenoxy) is 3. The SMILES string of the molecule is CCC#CC(=N)c1c(N[C@H]2CC(OC)[C@@H](COC)O2)nc[nH]c1=O. The van der Waals surface area contributed by atoms with Crippen LogP contribution in [0.4, 0.5) is 5.82 Å². The van der Waals surface area contributed by atoms with Crippen molar-refractivity contribution in [3.8, 4) is 11.8 Å². The molecule has 1 aromatic rings. The lowest BCUT2D eigenvalue weighted by atomic mass is 10.1. The van der Waals surface area contributed by atoms with Gasteiger partial charge in [-0.25, -0.2) is 4.98 Å². The number of aromatic amines is 1. The summed E-state index contributed by atoms with van der Waals surface area (Å²) in [5.74, 6) is 5.71. The van der Waals surface area contributed by atoms with Gasteiger partial charge in [-0.15, -0.1) is 0 Å². The van der Waals surface area contributed by atoms with Crippen LogP contribution in [0.25, 0.3) is 0 Å². The van der Waals surface area contributed by atoms with Gasteiger partial charge in [-0.1, -0.05) is 12.8 Å². The van der Waals surface area contributed by atoms with Crippen molar-refractivity contribution in [3.63, 3.8) is 0 Å². The molecule has 2 rings (SSSR count). The fraction of sp³-hybridized carbons (Fsp3) is 0.562. The number of H-pyrrole nitrogens is 1. The van der Waals surface area contributed by atoms with Crippen molar-refractivity contribution < 1.29 is 14.2 Å². The second-order valence-corrected chi connectivity index (χ2v) is 5.26. The van der Waals surface area contributed by atoms with Crippen molar-refractivity contribution >= 4 is 11.5 Å². The molecule has 1 aromatic heterocycles. The summed E-state index contributed by atoms with van der Waals surface area (Å²) in [5.41, 5.74) is -0.396. The molecule has 0 aromatic carbocycles. The Morgan fingerprint density at radius 2 is 2.38 bits per heavy atom. The zero-order valence-electron chi connectivity index (χ0n) is 14.0. The summed E-state index contributed by atoms with van der Waals surface area (Å²) in [5, 5.41) is 11.1. The number of aromatic nitrogens is 2. The molecule has 1 fully saturated rings. The van der Waals surface area contributed by atoms with Crippen molar-refractivity contribution in [2.24, 2.45) is 0 Å². The minimum Gasteiger partial charge on any atom is -0.382 e. The molecule has 1 aliphatic rings. The first-order chi connectivity index (χ1) is 11.6. The number of nitrogens with zero attached hydrogens (tertiary/aromatic N) is 1. The van der Waals surface area contributed by atoms with Gasteiger partial charge in [0.25, 0.3) is 5.56 Å². The highest BCUT2D eigenvalue weighted by atomic mass is 16.6. The zero-order chi connectivity index (χ0) is 17.5. The van der Waals surface area contributed by atoms with E-state index in [1.165, 1.54) is 6.33 Å². The lowest BCUT2D eigenvalue weighted by Gasteiger charge is -2.16. The summed E-state index contributed by atoms with van der Waals surface area (Å²) >= 11 is 0. The molecule has 2 heterocycles. The van der Waals surface area contributed by atoms with Crippen LogP contribution in [0.3, 0.4) is 0 Å². The van der Waals surface area contributed by atoms with Crippen molar-refractivity contribution in [1.82, 2.24) is 9.97 Å². The molecular formula is C16H22N4O4. The number of hydrogen-bond acceptors (Lipinski definition) is 7. The summed E-state index contributed by atoms with van der Waals surface area (Å²) in [4.78, 5) is 18.7. The Morgan fingerprint density at radius 1 is 1.58 bits per heavy atom. The van der Waals surface area contributed by atoms with Crippen molar-refractivity contribution in [3.05, 3.63) is 22.2 Å². The first kappa shape index (κ1) is 18.1. The van der Waals surface area contributed by atoms with Crippen LogP contribution in [0.5, 0.6) is 0 Å². The van der Waals surface area contributed by atoms with Crippen LogP contribution in [-0.2, 0) is 14.2 Å². The fourth-order valence-corrected chi connectivity index (χ4v) is 2.50. The summed E-state index contributed by atoms with van der Waals surface area (Å²) in [6, 6.07) is 0. The average molecular weight is 334 g/mol. The molecule has 0 amide bonds. The Kier molecular flexibility index (Phi) is 6.49. The monoisotopic (exact) mass is 334 g/mol. The van der Waals surface area contributed by atoms with E-state index in [9.17, 15) is 4.79 Å². The minimum absolute atomic E-state index is 0.0802. The Bertz CT molecular complexity index is 691. The van der Waals surface area contributed by atoms with Gasteiger partial charge in [0, 0.05) is 27.1 Å². The fourth-order valence-electron chi connectivity index (χ4n) is 2.50. The van der Waals surface area contributed by atoms with Gasteiger partial charge in [0.1, 0.15) is 29.4 Å². The molecule has 3 atom stereocenters. The molecule has 1 unspecified atom stereocenters. The van der Waals surface area contributed by atoms with Crippen LogP contribution in [0.1, 0.15) is 25.3 Å². The third-order valence-electron chi connectivity index (χ3n) is 3.62. The standard InChI is InChI=1S/C16H22N4O4/c1-4-5-6-10(17)14-15(18-9-19-16(14)21)20-13-7-11(23-3)12(24-13)8-22-2/h9,11-13,17H,4,7-8H2,1-3H3,(H2,18,19,20,21)/t11?,12-,13-/m1/s1. The van der Waals surface area contributed by atoms with Gasteiger partial charge in [-0.05, 0) is 5.92 Å². The van der Waals surface area contributed by atoms with E-state index in [1.807, 2.05) is 6.92 Å². The van der Waals surface area contributed by atoms with E-state index in [0.717, 1.165) is 0 Å². The summed E-state index contributed by atoms with van der Waals surface area (Å²) in [7, 11) is 3.22. The predicted octanol–water partition coefficient (Wildman–Crippen LogP) is 0.739. The molecule has 3 N–H and O–H groups in total. The van der Waals surface area contributed by atoms with Crippen LogP contribution in [0.2, 0.25) is 0 Å². The van der Waals surface area contributed by atoms with Crippen molar-refractivity contribution in [2.45, 2.75) is 38.2 Å². The van der Waals surface area contributed by atoms with Gasteiger partial charge in [0.15, 0.2) is 0 Å².